The number of halogens is 1. The highest BCUT2D eigenvalue weighted by molar-refractivity contribution is 6.30. The number of ether oxygens (including phenoxy) is 1. The fourth-order valence-electron chi connectivity index (χ4n) is 3.55. The van der Waals surface area contributed by atoms with Crippen molar-refractivity contribution in [3.05, 3.63) is 34.9 Å². The fraction of sp³-hybridized carbons (Fsp3) is 0.667. The first-order chi connectivity index (χ1) is 12.8. The molecular weight excluding hydrogens is 362 g/mol. The standard InChI is InChI=1S/C21H34ClN3O2/c1-5-23-20(25-14-18(26)15-8-10-17(22)11-9-15)24-13-16-7-6-12-27-19(16)21(2,3)4/h8-11,16,18-19,26H,5-7,12-14H2,1-4H3,(H2,23,24,25). The number of aliphatic hydroxyl groups is 1. The van der Waals surface area contributed by atoms with Crippen LogP contribution in [0.25, 0.3) is 0 Å². The molecule has 0 saturated carbocycles. The van der Waals surface area contributed by atoms with Crippen LogP contribution in [0.3, 0.4) is 0 Å². The predicted molar refractivity (Wildman–Crippen MR) is 112 cm³/mol. The summed E-state index contributed by atoms with van der Waals surface area (Å²) in [6.45, 7) is 11.5. The molecule has 1 aliphatic rings. The molecule has 1 fully saturated rings. The van der Waals surface area contributed by atoms with Crippen molar-refractivity contribution in [2.24, 2.45) is 16.3 Å². The van der Waals surface area contributed by atoms with Crippen molar-refractivity contribution in [3.63, 3.8) is 0 Å². The summed E-state index contributed by atoms with van der Waals surface area (Å²) < 4.78 is 6.06. The highest BCUT2D eigenvalue weighted by Crippen LogP contribution is 2.33. The largest absolute Gasteiger partial charge is 0.386 e. The Balaban J connectivity index is 1.95. The Morgan fingerprint density at radius 3 is 2.63 bits per heavy atom. The Morgan fingerprint density at radius 2 is 2.00 bits per heavy atom. The number of aliphatic imine (C=N–C) groups is 1. The molecule has 1 heterocycles. The molecule has 3 unspecified atom stereocenters. The van der Waals surface area contributed by atoms with Gasteiger partial charge in [-0.15, -0.1) is 0 Å². The number of guanidine groups is 1. The molecule has 6 heteroatoms. The predicted octanol–water partition coefficient (Wildman–Crippen LogP) is 3.77. The van der Waals surface area contributed by atoms with Crippen molar-refractivity contribution >= 4 is 17.6 Å². The Bertz CT molecular complexity index is 598. The van der Waals surface area contributed by atoms with Crippen molar-refractivity contribution in [2.75, 3.05) is 26.2 Å². The van der Waals surface area contributed by atoms with Crippen LogP contribution in [0, 0.1) is 11.3 Å². The number of nitrogens with one attached hydrogen (secondary N) is 2. The molecule has 1 saturated heterocycles. The summed E-state index contributed by atoms with van der Waals surface area (Å²) in [6.07, 6.45) is 1.84. The molecule has 0 bridgehead atoms. The second kappa shape index (κ2) is 10.3. The highest BCUT2D eigenvalue weighted by Gasteiger charge is 2.35. The maximum atomic E-state index is 10.4. The molecule has 2 rings (SSSR count). The molecule has 0 amide bonds. The van der Waals surface area contributed by atoms with Crippen molar-refractivity contribution in [1.29, 1.82) is 0 Å². The Hall–Kier alpha value is -1.30. The maximum absolute atomic E-state index is 10.4. The molecule has 0 aliphatic carbocycles. The van der Waals surface area contributed by atoms with E-state index in [0.717, 1.165) is 44.1 Å². The Labute approximate surface area is 168 Å². The van der Waals surface area contributed by atoms with Gasteiger partial charge in [-0.2, -0.15) is 0 Å². The van der Waals surface area contributed by atoms with E-state index in [-0.39, 0.29) is 11.5 Å². The summed E-state index contributed by atoms with van der Waals surface area (Å²) >= 11 is 5.90. The topological polar surface area (TPSA) is 65.9 Å². The normalized spacial score (nSPS) is 22.4. The Kier molecular flexibility index (Phi) is 8.39. The summed E-state index contributed by atoms with van der Waals surface area (Å²) in [6, 6.07) is 7.22. The van der Waals surface area contributed by atoms with E-state index in [9.17, 15) is 5.11 Å². The third-order valence-corrected chi connectivity index (χ3v) is 5.10. The van der Waals surface area contributed by atoms with Crippen LogP contribution in [0.2, 0.25) is 5.02 Å². The zero-order valence-electron chi connectivity index (χ0n) is 17.0. The molecule has 0 spiro atoms. The molecule has 0 radical (unpaired) electrons. The third-order valence-electron chi connectivity index (χ3n) is 4.85. The van der Waals surface area contributed by atoms with E-state index in [0.29, 0.717) is 17.5 Å². The molecule has 1 aromatic carbocycles. The van der Waals surface area contributed by atoms with Crippen LogP contribution in [0.5, 0.6) is 0 Å². The second-order valence-electron chi connectivity index (χ2n) is 8.23. The highest BCUT2D eigenvalue weighted by atomic mass is 35.5. The maximum Gasteiger partial charge on any atom is 0.191 e. The first-order valence-corrected chi connectivity index (χ1v) is 10.3. The minimum Gasteiger partial charge on any atom is -0.386 e. The lowest BCUT2D eigenvalue weighted by Crippen LogP contribution is -2.47. The van der Waals surface area contributed by atoms with Crippen LogP contribution < -0.4 is 10.6 Å². The monoisotopic (exact) mass is 395 g/mol. The SMILES string of the molecule is CCNC(=NCC(O)c1ccc(Cl)cc1)NCC1CCCOC1C(C)(C)C. The van der Waals surface area contributed by atoms with Gasteiger partial charge in [0.2, 0.25) is 0 Å². The van der Waals surface area contributed by atoms with E-state index in [4.69, 9.17) is 16.3 Å². The number of hydrogen-bond donors (Lipinski definition) is 3. The molecule has 152 valence electrons. The van der Waals surface area contributed by atoms with Gasteiger partial charge in [-0.25, -0.2) is 0 Å². The van der Waals surface area contributed by atoms with Crippen LogP contribution in [0.15, 0.2) is 29.3 Å². The summed E-state index contributed by atoms with van der Waals surface area (Å²) in [5.74, 6) is 1.17. The Morgan fingerprint density at radius 1 is 1.30 bits per heavy atom. The molecule has 0 aromatic heterocycles. The molecular formula is C21H34ClN3O2. The lowest BCUT2D eigenvalue weighted by atomic mass is 9.78. The van der Waals surface area contributed by atoms with E-state index < -0.39 is 6.10 Å². The number of nitrogens with zero attached hydrogens (tertiary/aromatic N) is 1. The van der Waals surface area contributed by atoms with Crippen LogP contribution in [0.4, 0.5) is 0 Å². The molecule has 3 atom stereocenters. The van der Waals surface area contributed by atoms with Crippen molar-refractivity contribution < 1.29 is 9.84 Å². The lowest BCUT2D eigenvalue weighted by molar-refractivity contribution is -0.0835. The second-order valence-corrected chi connectivity index (χ2v) is 8.66. The minimum atomic E-state index is -0.655. The van der Waals surface area contributed by atoms with Crippen molar-refractivity contribution in [3.8, 4) is 0 Å². The van der Waals surface area contributed by atoms with E-state index >= 15 is 0 Å². The van der Waals surface area contributed by atoms with Gasteiger partial charge in [-0.3, -0.25) is 4.99 Å². The average Bonchev–Trinajstić information content (AvgIpc) is 2.64. The van der Waals surface area contributed by atoms with Crippen LogP contribution >= 0.6 is 11.6 Å². The summed E-state index contributed by atoms with van der Waals surface area (Å²) in [4.78, 5) is 4.55. The molecule has 5 nitrogen and oxygen atoms in total. The molecule has 1 aliphatic heterocycles. The van der Waals surface area contributed by atoms with Gasteiger partial charge >= 0.3 is 0 Å². The molecule has 3 N–H and O–H groups in total. The zero-order valence-corrected chi connectivity index (χ0v) is 17.7. The van der Waals surface area contributed by atoms with Gasteiger partial charge in [0.1, 0.15) is 0 Å². The van der Waals surface area contributed by atoms with Gasteiger partial charge in [-0.1, -0.05) is 44.5 Å². The lowest BCUT2D eigenvalue weighted by Gasteiger charge is -2.40. The van der Waals surface area contributed by atoms with Gasteiger partial charge in [0, 0.05) is 30.6 Å². The number of aliphatic hydroxyl groups excluding tert-OH is 1. The first kappa shape index (κ1) is 22.0. The third kappa shape index (κ3) is 6.98. The zero-order chi connectivity index (χ0) is 19.9. The summed E-state index contributed by atoms with van der Waals surface area (Å²) in [5, 5.41) is 17.7. The summed E-state index contributed by atoms with van der Waals surface area (Å²) in [7, 11) is 0. The van der Waals surface area contributed by atoms with Gasteiger partial charge in [0.15, 0.2) is 5.96 Å². The van der Waals surface area contributed by atoms with E-state index in [1.807, 2.05) is 19.1 Å². The number of hydrogen-bond acceptors (Lipinski definition) is 3. The van der Waals surface area contributed by atoms with Gasteiger partial charge in [0.05, 0.1) is 18.8 Å². The van der Waals surface area contributed by atoms with E-state index in [1.54, 1.807) is 12.1 Å². The van der Waals surface area contributed by atoms with E-state index in [1.165, 1.54) is 0 Å². The van der Waals surface area contributed by atoms with Crippen molar-refractivity contribution in [1.82, 2.24) is 10.6 Å². The van der Waals surface area contributed by atoms with Gasteiger partial charge in [0.25, 0.3) is 0 Å². The van der Waals surface area contributed by atoms with Crippen LogP contribution in [-0.2, 0) is 4.74 Å². The summed E-state index contributed by atoms with van der Waals surface area (Å²) in [5.41, 5.74) is 0.931. The minimum absolute atomic E-state index is 0.118. The quantitative estimate of drug-likeness (QED) is 0.506. The van der Waals surface area contributed by atoms with Crippen LogP contribution in [-0.4, -0.2) is 43.4 Å². The van der Waals surface area contributed by atoms with E-state index in [2.05, 4.69) is 36.4 Å². The first-order valence-electron chi connectivity index (χ1n) is 9.88. The van der Waals surface area contributed by atoms with Crippen molar-refractivity contribution in [2.45, 2.75) is 52.7 Å². The average molecular weight is 396 g/mol. The molecule has 1 aromatic rings. The van der Waals surface area contributed by atoms with Gasteiger partial charge in [-0.05, 0) is 42.9 Å². The fourth-order valence-corrected chi connectivity index (χ4v) is 3.67. The number of rotatable bonds is 6. The van der Waals surface area contributed by atoms with Crippen LogP contribution in [0.1, 0.15) is 52.2 Å². The smallest absolute Gasteiger partial charge is 0.191 e. The molecule has 27 heavy (non-hydrogen) atoms. The number of benzene rings is 1. The van der Waals surface area contributed by atoms with Gasteiger partial charge < -0.3 is 20.5 Å².